The Kier molecular flexibility index (Phi) is 3.04. The molecule has 2 heterocycles. The van der Waals surface area contributed by atoms with Gasteiger partial charge in [-0.3, -0.25) is 0 Å². The van der Waals surface area contributed by atoms with Crippen LogP contribution in [0, 0.1) is 0 Å². The lowest BCUT2D eigenvalue weighted by atomic mass is 9.94. The van der Waals surface area contributed by atoms with Gasteiger partial charge < -0.3 is 15.0 Å². The second-order valence-electron chi connectivity index (χ2n) is 5.00. The van der Waals surface area contributed by atoms with Crippen LogP contribution < -0.4 is 10.2 Å². The van der Waals surface area contributed by atoms with Gasteiger partial charge in [0.1, 0.15) is 0 Å². The third-order valence-electron chi connectivity index (χ3n) is 3.75. The summed E-state index contributed by atoms with van der Waals surface area (Å²) in [4.78, 5) is 2.47. The maximum atomic E-state index is 5.43. The van der Waals surface area contributed by atoms with Crippen LogP contribution in [0.5, 0.6) is 0 Å². The first-order valence-corrected chi connectivity index (χ1v) is 6.51. The zero-order valence-corrected chi connectivity index (χ0v) is 10.4. The van der Waals surface area contributed by atoms with E-state index in [0.717, 1.165) is 39.3 Å². The van der Waals surface area contributed by atoms with Gasteiger partial charge in [-0.25, -0.2) is 0 Å². The van der Waals surface area contributed by atoms with Gasteiger partial charge in [0.15, 0.2) is 0 Å². The molecule has 0 spiro atoms. The topological polar surface area (TPSA) is 24.5 Å². The molecular formula is C14H20N2O. The van der Waals surface area contributed by atoms with Gasteiger partial charge >= 0.3 is 0 Å². The first kappa shape index (κ1) is 11.1. The molecule has 0 radical (unpaired) electrons. The van der Waals surface area contributed by atoms with E-state index in [1.807, 2.05) is 0 Å². The molecule has 1 aromatic rings. The van der Waals surface area contributed by atoms with Crippen molar-refractivity contribution in [2.75, 3.05) is 31.2 Å². The van der Waals surface area contributed by atoms with Gasteiger partial charge in [-0.2, -0.15) is 0 Å². The lowest BCUT2D eigenvalue weighted by Gasteiger charge is -2.34. The average molecular weight is 232 g/mol. The molecule has 1 N–H and O–H groups in total. The molecule has 1 saturated heterocycles. The smallest absolute Gasteiger partial charge is 0.0642 e. The summed E-state index contributed by atoms with van der Waals surface area (Å²) in [6.07, 6.45) is 1.14. The summed E-state index contributed by atoms with van der Waals surface area (Å²) in [5.74, 6) is 0. The van der Waals surface area contributed by atoms with Crippen molar-refractivity contribution >= 4 is 5.69 Å². The Bertz CT molecular complexity index is 399. The van der Waals surface area contributed by atoms with Crippen LogP contribution in [-0.2, 0) is 17.7 Å². The summed E-state index contributed by atoms with van der Waals surface area (Å²) in [5, 5.41) is 3.53. The number of hydrogen-bond donors (Lipinski definition) is 1. The van der Waals surface area contributed by atoms with Gasteiger partial charge in [0.05, 0.1) is 13.2 Å². The number of nitrogens with one attached hydrogen (secondary N) is 1. The van der Waals surface area contributed by atoms with Crippen LogP contribution >= 0.6 is 0 Å². The van der Waals surface area contributed by atoms with Crippen molar-refractivity contribution in [3.63, 3.8) is 0 Å². The fraction of sp³-hybridized carbons (Fsp3) is 0.571. The standard InChI is InChI=1S/C14H20N2O/c1-11-9-13-12(10-15-11)3-2-4-14(13)16-5-7-17-8-6-16/h2-4,11,15H,5-10H2,1H3. The Morgan fingerprint density at radius 3 is 2.94 bits per heavy atom. The fourth-order valence-electron chi connectivity index (χ4n) is 2.79. The van der Waals surface area contributed by atoms with Crippen LogP contribution in [-0.4, -0.2) is 32.3 Å². The summed E-state index contributed by atoms with van der Waals surface area (Å²) in [6, 6.07) is 7.28. The molecule has 1 atom stereocenters. The second kappa shape index (κ2) is 4.67. The predicted octanol–water partition coefficient (Wildman–Crippen LogP) is 1.56. The highest BCUT2D eigenvalue weighted by molar-refractivity contribution is 5.58. The van der Waals surface area contributed by atoms with E-state index in [9.17, 15) is 0 Å². The lowest BCUT2D eigenvalue weighted by Crippen LogP contribution is -2.39. The van der Waals surface area contributed by atoms with E-state index >= 15 is 0 Å². The van der Waals surface area contributed by atoms with E-state index in [4.69, 9.17) is 4.74 Å². The number of nitrogens with zero attached hydrogens (tertiary/aromatic N) is 1. The molecule has 1 aromatic carbocycles. The van der Waals surface area contributed by atoms with Crippen molar-refractivity contribution in [1.82, 2.24) is 5.32 Å². The largest absolute Gasteiger partial charge is 0.378 e. The van der Waals surface area contributed by atoms with Crippen LogP contribution in [0.1, 0.15) is 18.1 Å². The van der Waals surface area contributed by atoms with Crippen LogP contribution in [0.3, 0.4) is 0 Å². The predicted molar refractivity (Wildman–Crippen MR) is 69.5 cm³/mol. The third-order valence-corrected chi connectivity index (χ3v) is 3.75. The SMILES string of the molecule is CC1Cc2c(cccc2N2CCOCC2)CN1. The number of rotatable bonds is 1. The molecule has 2 aliphatic rings. The molecule has 0 saturated carbocycles. The van der Waals surface area contributed by atoms with Gasteiger partial charge in [0.25, 0.3) is 0 Å². The van der Waals surface area contributed by atoms with Crippen LogP contribution in [0.4, 0.5) is 5.69 Å². The highest BCUT2D eigenvalue weighted by Crippen LogP contribution is 2.28. The molecular weight excluding hydrogens is 212 g/mol. The minimum absolute atomic E-state index is 0.588. The van der Waals surface area contributed by atoms with Gasteiger partial charge in [0, 0.05) is 31.4 Å². The minimum Gasteiger partial charge on any atom is -0.378 e. The first-order valence-electron chi connectivity index (χ1n) is 6.51. The number of fused-ring (bicyclic) bond motifs is 1. The van der Waals surface area contributed by atoms with E-state index in [-0.39, 0.29) is 0 Å². The van der Waals surface area contributed by atoms with E-state index in [2.05, 4.69) is 35.3 Å². The molecule has 2 aliphatic heterocycles. The third kappa shape index (κ3) is 2.17. The molecule has 0 bridgehead atoms. The molecule has 3 nitrogen and oxygen atoms in total. The maximum absolute atomic E-state index is 5.43. The van der Waals surface area contributed by atoms with E-state index in [1.54, 1.807) is 5.56 Å². The number of ether oxygens (including phenoxy) is 1. The van der Waals surface area contributed by atoms with Crippen molar-refractivity contribution in [2.45, 2.75) is 25.9 Å². The van der Waals surface area contributed by atoms with Crippen LogP contribution in [0.15, 0.2) is 18.2 Å². The summed E-state index contributed by atoms with van der Waals surface area (Å²) < 4.78 is 5.43. The molecule has 17 heavy (non-hydrogen) atoms. The Morgan fingerprint density at radius 2 is 2.12 bits per heavy atom. The number of morpholine rings is 1. The average Bonchev–Trinajstić information content (AvgIpc) is 2.39. The monoisotopic (exact) mass is 232 g/mol. The highest BCUT2D eigenvalue weighted by atomic mass is 16.5. The van der Waals surface area contributed by atoms with Gasteiger partial charge in [-0.15, -0.1) is 0 Å². The Balaban J connectivity index is 1.93. The Hall–Kier alpha value is -1.06. The van der Waals surface area contributed by atoms with Crippen molar-refractivity contribution in [2.24, 2.45) is 0 Å². The lowest BCUT2D eigenvalue weighted by molar-refractivity contribution is 0.122. The van der Waals surface area contributed by atoms with Crippen molar-refractivity contribution in [3.05, 3.63) is 29.3 Å². The number of anilines is 1. The normalized spacial score (nSPS) is 24.5. The molecule has 0 amide bonds. The molecule has 3 heteroatoms. The molecule has 0 aromatic heterocycles. The van der Waals surface area contributed by atoms with Gasteiger partial charge in [0.2, 0.25) is 0 Å². The van der Waals surface area contributed by atoms with Crippen molar-refractivity contribution in [3.8, 4) is 0 Å². The maximum Gasteiger partial charge on any atom is 0.0642 e. The molecule has 92 valence electrons. The Labute approximate surface area is 103 Å². The van der Waals surface area contributed by atoms with Gasteiger partial charge in [-0.1, -0.05) is 12.1 Å². The van der Waals surface area contributed by atoms with E-state index in [1.165, 1.54) is 11.3 Å². The Morgan fingerprint density at radius 1 is 1.29 bits per heavy atom. The number of hydrogen-bond acceptors (Lipinski definition) is 3. The zero-order chi connectivity index (χ0) is 11.7. The minimum atomic E-state index is 0.588. The molecule has 1 unspecified atom stereocenters. The van der Waals surface area contributed by atoms with Crippen LogP contribution in [0.2, 0.25) is 0 Å². The first-order chi connectivity index (χ1) is 8.34. The molecule has 0 aliphatic carbocycles. The van der Waals surface area contributed by atoms with E-state index in [0.29, 0.717) is 6.04 Å². The summed E-state index contributed by atoms with van der Waals surface area (Å²) in [6.45, 7) is 7.04. The molecule has 3 rings (SSSR count). The summed E-state index contributed by atoms with van der Waals surface area (Å²) in [5.41, 5.74) is 4.44. The summed E-state index contributed by atoms with van der Waals surface area (Å²) in [7, 11) is 0. The van der Waals surface area contributed by atoms with E-state index < -0.39 is 0 Å². The van der Waals surface area contributed by atoms with Crippen molar-refractivity contribution < 1.29 is 4.74 Å². The van der Waals surface area contributed by atoms with Crippen molar-refractivity contribution in [1.29, 1.82) is 0 Å². The molecule has 1 fully saturated rings. The van der Waals surface area contributed by atoms with Gasteiger partial charge in [-0.05, 0) is 30.5 Å². The van der Waals surface area contributed by atoms with Crippen LogP contribution in [0.25, 0.3) is 0 Å². The summed E-state index contributed by atoms with van der Waals surface area (Å²) >= 11 is 0. The second-order valence-corrected chi connectivity index (χ2v) is 5.00. The number of benzene rings is 1. The highest BCUT2D eigenvalue weighted by Gasteiger charge is 2.21. The quantitative estimate of drug-likeness (QED) is 0.795. The zero-order valence-electron chi connectivity index (χ0n) is 10.4. The fourth-order valence-corrected chi connectivity index (χ4v) is 2.79.